The highest BCUT2D eigenvalue weighted by molar-refractivity contribution is 9.10. The maximum absolute atomic E-state index is 12.9. The van der Waals surface area contributed by atoms with Gasteiger partial charge in [0.25, 0.3) is 15.7 Å². The molecule has 1 unspecified atom stereocenters. The van der Waals surface area contributed by atoms with Gasteiger partial charge in [0, 0.05) is 17.3 Å². The lowest BCUT2D eigenvalue weighted by Crippen LogP contribution is -2.27. The highest BCUT2D eigenvalue weighted by Crippen LogP contribution is 2.30. The Hall–Kier alpha value is -2.03. The first-order chi connectivity index (χ1) is 12.4. The number of benzene rings is 2. The lowest BCUT2D eigenvalue weighted by Gasteiger charge is -2.16. The van der Waals surface area contributed by atoms with E-state index < -0.39 is 16.3 Å². The molecule has 0 spiro atoms. The minimum atomic E-state index is -3.99. The second-order valence-corrected chi connectivity index (χ2v) is 8.63. The van der Waals surface area contributed by atoms with E-state index in [4.69, 9.17) is 4.18 Å². The molecule has 1 aromatic heterocycles. The molecule has 0 saturated heterocycles. The molecule has 0 amide bonds. The van der Waals surface area contributed by atoms with Crippen LogP contribution in [0.25, 0.3) is 10.9 Å². The van der Waals surface area contributed by atoms with Gasteiger partial charge < -0.3 is 0 Å². The summed E-state index contributed by atoms with van der Waals surface area (Å²) in [6.07, 6.45) is -0.0288. The number of rotatable bonds is 3. The molecule has 1 aliphatic heterocycles. The summed E-state index contributed by atoms with van der Waals surface area (Å²) in [4.78, 5) is 17.5. The Morgan fingerprint density at radius 2 is 2.00 bits per heavy atom. The van der Waals surface area contributed by atoms with Gasteiger partial charge in [-0.3, -0.25) is 9.36 Å². The van der Waals surface area contributed by atoms with Crippen molar-refractivity contribution in [1.82, 2.24) is 9.55 Å². The van der Waals surface area contributed by atoms with Gasteiger partial charge in [-0.1, -0.05) is 34.1 Å². The van der Waals surface area contributed by atoms with Crippen LogP contribution in [0.4, 0.5) is 0 Å². The Labute approximate surface area is 158 Å². The maximum Gasteiger partial charge on any atom is 0.299 e. The zero-order valence-electron chi connectivity index (χ0n) is 13.8. The van der Waals surface area contributed by atoms with Crippen molar-refractivity contribution in [3.8, 4) is 0 Å². The number of aromatic nitrogens is 2. The van der Waals surface area contributed by atoms with Gasteiger partial charge in [-0.05, 0) is 36.8 Å². The number of hydrogen-bond acceptors (Lipinski definition) is 5. The van der Waals surface area contributed by atoms with Gasteiger partial charge in [-0.15, -0.1) is 0 Å². The van der Waals surface area contributed by atoms with E-state index in [9.17, 15) is 13.2 Å². The number of aryl methyl sites for hydroxylation is 2. The van der Waals surface area contributed by atoms with E-state index in [1.165, 1.54) is 10.6 Å². The van der Waals surface area contributed by atoms with Gasteiger partial charge in [0.2, 0.25) is 0 Å². The van der Waals surface area contributed by atoms with Crippen molar-refractivity contribution < 1.29 is 12.6 Å². The molecule has 1 atom stereocenters. The van der Waals surface area contributed by atoms with Crippen LogP contribution in [0.1, 0.15) is 24.0 Å². The fraction of sp³-hybridized carbons (Fsp3) is 0.222. The Morgan fingerprint density at radius 1 is 1.23 bits per heavy atom. The van der Waals surface area contributed by atoms with E-state index >= 15 is 0 Å². The molecule has 26 heavy (non-hydrogen) atoms. The van der Waals surface area contributed by atoms with E-state index in [1.807, 2.05) is 0 Å². The zero-order chi connectivity index (χ0) is 18.5. The molecule has 0 N–H and O–H groups in total. The Kier molecular flexibility index (Phi) is 4.21. The topological polar surface area (TPSA) is 78.3 Å². The number of nitrogens with zero attached hydrogens (tertiary/aromatic N) is 2. The lowest BCUT2D eigenvalue weighted by molar-refractivity contribution is 0.146. The van der Waals surface area contributed by atoms with Crippen LogP contribution < -0.4 is 5.56 Å². The van der Waals surface area contributed by atoms with Crippen LogP contribution in [0.3, 0.4) is 0 Å². The molecule has 6 nitrogen and oxygen atoms in total. The van der Waals surface area contributed by atoms with Gasteiger partial charge in [0.1, 0.15) is 5.82 Å². The van der Waals surface area contributed by atoms with Gasteiger partial charge >= 0.3 is 0 Å². The van der Waals surface area contributed by atoms with Crippen molar-refractivity contribution >= 4 is 37.0 Å². The van der Waals surface area contributed by atoms with Gasteiger partial charge in [-0.2, -0.15) is 8.42 Å². The smallest absolute Gasteiger partial charge is 0.268 e. The first kappa shape index (κ1) is 17.4. The van der Waals surface area contributed by atoms with Crippen molar-refractivity contribution in [2.24, 2.45) is 0 Å². The molecule has 0 radical (unpaired) electrons. The summed E-state index contributed by atoms with van der Waals surface area (Å²) in [5.74, 6) is 0.533. The molecule has 1 aliphatic rings. The Bertz CT molecular complexity index is 1190. The second-order valence-electron chi connectivity index (χ2n) is 6.17. The van der Waals surface area contributed by atoms with Crippen LogP contribution in [0.2, 0.25) is 0 Å². The van der Waals surface area contributed by atoms with E-state index in [1.54, 1.807) is 43.3 Å². The average Bonchev–Trinajstić information content (AvgIpc) is 2.97. The summed E-state index contributed by atoms with van der Waals surface area (Å²) in [6.45, 7) is 1.71. The summed E-state index contributed by atoms with van der Waals surface area (Å²) < 4.78 is 33.0. The molecule has 2 aromatic carbocycles. The highest BCUT2D eigenvalue weighted by Gasteiger charge is 2.31. The largest absolute Gasteiger partial charge is 0.299 e. The molecule has 0 bridgehead atoms. The fourth-order valence-electron chi connectivity index (χ4n) is 3.20. The van der Waals surface area contributed by atoms with Crippen LogP contribution >= 0.6 is 15.9 Å². The standard InChI is InChI=1S/C18H15BrN2O4S/c1-11-4-2-3-5-15(11)26(23,24)25-17-9-8-16-20-14-10-12(19)6-7-13(14)18(22)21(16)17/h2-7,10,17H,8-9H2,1H3. The molecule has 4 rings (SSSR count). The van der Waals surface area contributed by atoms with Crippen LogP contribution in [0, 0.1) is 6.92 Å². The SMILES string of the molecule is Cc1ccccc1S(=O)(=O)OC1CCc2nc3cc(Br)ccc3c(=O)n21. The molecular formula is C18H15BrN2O4S. The predicted molar refractivity (Wildman–Crippen MR) is 101 cm³/mol. The lowest BCUT2D eigenvalue weighted by atomic mass is 10.2. The molecule has 8 heteroatoms. The van der Waals surface area contributed by atoms with Crippen molar-refractivity contribution in [1.29, 1.82) is 0 Å². The molecule has 3 aromatic rings. The summed E-state index contributed by atoms with van der Waals surface area (Å²) in [5, 5.41) is 0.431. The van der Waals surface area contributed by atoms with Crippen LogP contribution in [-0.2, 0) is 20.7 Å². The van der Waals surface area contributed by atoms with Crippen molar-refractivity contribution in [2.45, 2.75) is 30.9 Å². The number of fused-ring (bicyclic) bond motifs is 2. The third-order valence-corrected chi connectivity index (χ3v) is 6.41. The first-order valence-corrected chi connectivity index (χ1v) is 10.3. The monoisotopic (exact) mass is 434 g/mol. The molecule has 0 fully saturated rings. The molecule has 2 heterocycles. The minimum absolute atomic E-state index is 0.110. The van der Waals surface area contributed by atoms with Gasteiger partial charge in [0.05, 0.1) is 15.8 Å². The van der Waals surface area contributed by atoms with Crippen molar-refractivity contribution in [2.75, 3.05) is 0 Å². The van der Waals surface area contributed by atoms with Gasteiger partial charge in [0.15, 0.2) is 6.23 Å². The molecular weight excluding hydrogens is 420 g/mol. The number of halogens is 1. The quantitative estimate of drug-likeness (QED) is 0.590. The predicted octanol–water partition coefficient (Wildman–Crippen LogP) is 3.32. The molecule has 0 saturated carbocycles. The average molecular weight is 435 g/mol. The minimum Gasteiger partial charge on any atom is -0.268 e. The van der Waals surface area contributed by atoms with Crippen LogP contribution in [0.5, 0.6) is 0 Å². The summed E-state index contributed by atoms with van der Waals surface area (Å²) in [5.41, 5.74) is 0.887. The van der Waals surface area contributed by atoms with Gasteiger partial charge in [-0.25, -0.2) is 9.17 Å². The van der Waals surface area contributed by atoms with Crippen LogP contribution in [0.15, 0.2) is 56.6 Å². The van der Waals surface area contributed by atoms with E-state index in [2.05, 4.69) is 20.9 Å². The van der Waals surface area contributed by atoms with E-state index in [0.29, 0.717) is 35.1 Å². The molecule has 0 aliphatic carbocycles. The fourth-order valence-corrected chi connectivity index (χ4v) is 4.83. The Morgan fingerprint density at radius 3 is 2.77 bits per heavy atom. The normalized spacial score (nSPS) is 16.8. The zero-order valence-corrected chi connectivity index (χ0v) is 16.2. The summed E-state index contributed by atoms with van der Waals surface area (Å²) >= 11 is 3.37. The van der Waals surface area contributed by atoms with E-state index in [-0.39, 0.29) is 10.5 Å². The third-order valence-electron chi connectivity index (χ3n) is 4.44. The maximum atomic E-state index is 12.9. The second kappa shape index (κ2) is 6.29. The highest BCUT2D eigenvalue weighted by atomic mass is 79.9. The third kappa shape index (κ3) is 2.87. The Balaban J connectivity index is 1.78. The first-order valence-electron chi connectivity index (χ1n) is 8.06. The summed E-state index contributed by atoms with van der Waals surface area (Å²) in [7, 11) is -3.99. The van der Waals surface area contributed by atoms with Crippen LogP contribution in [-0.4, -0.2) is 18.0 Å². The molecule has 134 valence electrons. The summed E-state index contributed by atoms with van der Waals surface area (Å²) in [6, 6.07) is 11.8. The number of hydrogen-bond donors (Lipinski definition) is 0. The van der Waals surface area contributed by atoms with Crippen molar-refractivity contribution in [3.63, 3.8) is 0 Å². The van der Waals surface area contributed by atoms with E-state index in [0.717, 1.165) is 4.47 Å². The van der Waals surface area contributed by atoms with Crippen molar-refractivity contribution in [3.05, 3.63) is 68.7 Å².